The van der Waals surface area contributed by atoms with E-state index in [1.807, 2.05) is 10.9 Å². The van der Waals surface area contributed by atoms with Crippen molar-refractivity contribution in [3.8, 4) is 11.4 Å². The molecule has 4 aromatic rings. The number of hydrogen-bond donors (Lipinski definition) is 2. The van der Waals surface area contributed by atoms with Crippen molar-refractivity contribution in [1.29, 1.82) is 0 Å². The summed E-state index contributed by atoms with van der Waals surface area (Å²) in [5, 5.41) is 4.42. The number of rotatable bonds is 3. The molecule has 0 aliphatic carbocycles. The Balaban J connectivity index is 1.57. The summed E-state index contributed by atoms with van der Waals surface area (Å²) in [5.74, 6) is 0.907. The Morgan fingerprint density at radius 3 is 2.62 bits per heavy atom. The van der Waals surface area contributed by atoms with Gasteiger partial charge in [0.25, 0.3) is 0 Å². The highest BCUT2D eigenvalue weighted by molar-refractivity contribution is 5.82. The molecule has 1 aromatic carbocycles. The molecule has 0 atom stereocenters. The van der Waals surface area contributed by atoms with Crippen molar-refractivity contribution in [2.24, 2.45) is 0 Å². The van der Waals surface area contributed by atoms with Gasteiger partial charge in [-0.2, -0.15) is 5.10 Å². The van der Waals surface area contributed by atoms with Gasteiger partial charge in [-0.25, -0.2) is 15.0 Å². The summed E-state index contributed by atoms with van der Waals surface area (Å²) >= 11 is 0. The molecule has 3 aromatic heterocycles. The van der Waals surface area contributed by atoms with Gasteiger partial charge in [0, 0.05) is 6.20 Å². The molecule has 7 nitrogen and oxygen atoms in total. The molecule has 0 saturated carbocycles. The molecule has 0 fully saturated rings. The van der Waals surface area contributed by atoms with E-state index < -0.39 is 0 Å². The summed E-state index contributed by atoms with van der Waals surface area (Å²) < 4.78 is 1.87. The number of benzene rings is 1. The molecule has 0 saturated heterocycles. The van der Waals surface area contributed by atoms with Crippen LogP contribution in [0.25, 0.3) is 22.6 Å². The number of aromatic nitrogens is 6. The number of nitrogens with one attached hydrogen (secondary N) is 1. The van der Waals surface area contributed by atoms with Gasteiger partial charge >= 0.3 is 0 Å². The van der Waals surface area contributed by atoms with Crippen LogP contribution in [0.5, 0.6) is 0 Å². The molecule has 26 heavy (non-hydrogen) atoms. The first kappa shape index (κ1) is 16.3. The summed E-state index contributed by atoms with van der Waals surface area (Å²) in [6, 6.07) is 8.64. The molecule has 0 amide bonds. The number of H-pyrrole nitrogens is 1. The first-order valence-electron chi connectivity index (χ1n) is 8.49. The van der Waals surface area contributed by atoms with Crippen LogP contribution in [0.4, 0.5) is 5.82 Å². The smallest absolute Gasteiger partial charge is 0.183 e. The SMILES string of the molecule is CC(C)(C)c1ccc(Cn2cc(-c3nc(N)c4[nH]cnc4n3)cn2)cc1. The summed E-state index contributed by atoms with van der Waals surface area (Å²) in [6.07, 6.45) is 5.23. The number of fused-ring (bicyclic) bond motifs is 1. The van der Waals surface area contributed by atoms with Crippen molar-refractivity contribution in [3.05, 3.63) is 54.1 Å². The molecule has 132 valence electrons. The largest absolute Gasteiger partial charge is 0.382 e. The van der Waals surface area contributed by atoms with Gasteiger partial charge in [-0.05, 0) is 16.5 Å². The second-order valence-corrected chi connectivity index (χ2v) is 7.41. The second-order valence-electron chi connectivity index (χ2n) is 7.41. The monoisotopic (exact) mass is 347 g/mol. The molecule has 0 aliphatic rings. The van der Waals surface area contributed by atoms with Crippen LogP contribution < -0.4 is 5.73 Å². The minimum atomic E-state index is 0.152. The van der Waals surface area contributed by atoms with Crippen molar-refractivity contribution >= 4 is 17.0 Å². The predicted molar refractivity (Wildman–Crippen MR) is 102 cm³/mol. The number of anilines is 1. The minimum absolute atomic E-state index is 0.152. The average Bonchev–Trinajstić information content (AvgIpc) is 3.24. The van der Waals surface area contributed by atoms with Crippen molar-refractivity contribution < 1.29 is 0 Å². The van der Waals surface area contributed by atoms with Gasteiger partial charge < -0.3 is 10.7 Å². The van der Waals surface area contributed by atoms with E-state index in [1.54, 1.807) is 12.5 Å². The van der Waals surface area contributed by atoms with Crippen molar-refractivity contribution in [3.63, 3.8) is 0 Å². The van der Waals surface area contributed by atoms with E-state index in [2.05, 4.69) is 70.1 Å². The van der Waals surface area contributed by atoms with Crippen LogP contribution in [0.2, 0.25) is 0 Å². The van der Waals surface area contributed by atoms with E-state index in [9.17, 15) is 0 Å². The highest BCUT2D eigenvalue weighted by atomic mass is 15.3. The Labute approximate surface area is 151 Å². The second kappa shape index (κ2) is 5.94. The normalized spacial score (nSPS) is 12.0. The molecule has 0 aliphatic heterocycles. The summed E-state index contributed by atoms with van der Waals surface area (Å²) in [7, 11) is 0. The lowest BCUT2D eigenvalue weighted by Crippen LogP contribution is -2.11. The fourth-order valence-corrected chi connectivity index (χ4v) is 2.85. The third kappa shape index (κ3) is 3.03. The lowest BCUT2D eigenvalue weighted by Gasteiger charge is -2.19. The lowest BCUT2D eigenvalue weighted by molar-refractivity contribution is 0.589. The van der Waals surface area contributed by atoms with Crippen LogP contribution in [-0.4, -0.2) is 29.7 Å². The average molecular weight is 347 g/mol. The summed E-state index contributed by atoms with van der Waals surface area (Å²) in [6.45, 7) is 7.32. The maximum Gasteiger partial charge on any atom is 0.183 e. The Morgan fingerprint density at radius 2 is 1.88 bits per heavy atom. The van der Waals surface area contributed by atoms with E-state index in [0.29, 0.717) is 29.4 Å². The molecule has 3 N–H and O–H groups in total. The number of nitrogens with zero attached hydrogens (tertiary/aromatic N) is 5. The Kier molecular flexibility index (Phi) is 3.72. The standard InChI is InChI=1S/C19H21N7/c1-19(2,3)14-6-4-12(5-7-14)9-26-10-13(8-23-26)17-24-16(20)15-18(25-17)22-11-21-15/h4-8,10-11H,9H2,1-3H3,(H3,20,21,22,24,25). The first-order valence-corrected chi connectivity index (χ1v) is 8.49. The van der Waals surface area contributed by atoms with Crippen LogP contribution in [0.15, 0.2) is 43.0 Å². The third-order valence-electron chi connectivity index (χ3n) is 4.37. The zero-order valence-corrected chi connectivity index (χ0v) is 15.1. The highest BCUT2D eigenvalue weighted by Gasteiger charge is 2.13. The molecule has 0 spiro atoms. The molecule has 4 rings (SSSR count). The number of imidazole rings is 1. The zero-order chi connectivity index (χ0) is 18.3. The fourth-order valence-electron chi connectivity index (χ4n) is 2.85. The van der Waals surface area contributed by atoms with Gasteiger partial charge in [-0.1, -0.05) is 45.0 Å². The molecular formula is C19H21N7. The van der Waals surface area contributed by atoms with Crippen molar-refractivity contribution in [2.45, 2.75) is 32.7 Å². The Bertz CT molecular complexity index is 1050. The van der Waals surface area contributed by atoms with Crippen LogP contribution in [0.1, 0.15) is 31.9 Å². The quantitative estimate of drug-likeness (QED) is 0.593. The van der Waals surface area contributed by atoms with E-state index in [4.69, 9.17) is 5.73 Å². The lowest BCUT2D eigenvalue weighted by atomic mass is 9.87. The van der Waals surface area contributed by atoms with E-state index in [-0.39, 0.29) is 5.41 Å². The zero-order valence-electron chi connectivity index (χ0n) is 15.1. The van der Waals surface area contributed by atoms with Crippen LogP contribution >= 0.6 is 0 Å². The van der Waals surface area contributed by atoms with Crippen molar-refractivity contribution in [2.75, 3.05) is 5.73 Å². The van der Waals surface area contributed by atoms with Crippen molar-refractivity contribution in [1.82, 2.24) is 29.7 Å². The van der Waals surface area contributed by atoms with Gasteiger partial charge in [0.2, 0.25) is 0 Å². The molecule has 0 bridgehead atoms. The predicted octanol–water partition coefficient (Wildman–Crippen LogP) is 3.14. The molecule has 0 radical (unpaired) electrons. The minimum Gasteiger partial charge on any atom is -0.382 e. The van der Waals surface area contributed by atoms with E-state index in [1.165, 1.54) is 11.1 Å². The first-order chi connectivity index (χ1) is 12.4. The van der Waals surface area contributed by atoms with Gasteiger partial charge in [0.1, 0.15) is 5.52 Å². The molecular weight excluding hydrogens is 326 g/mol. The molecule has 7 heteroatoms. The van der Waals surface area contributed by atoms with Gasteiger partial charge in [-0.3, -0.25) is 4.68 Å². The van der Waals surface area contributed by atoms with E-state index >= 15 is 0 Å². The number of nitrogen functional groups attached to an aromatic ring is 1. The Morgan fingerprint density at radius 1 is 1.12 bits per heavy atom. The topological polar surface area (TPSA) is 98.3 Å². The van der Waals surface area contributed by atoms with Crippen LogP contribution in [0, 0.1) is 0 Å². The summed E-state index contributed by atoms with van der Waals surface area (Å²) in [4.78, 5) is 15.9. The fraction of sp³-hybridized carbons (Fsp3) is 0.263. The summed E-state index contributed by atoms with van der Waals surface area (Å²) in [5.41, 5.74) is 10.6. The van der Waals surface area contributed by atoms with E-state index in [0.717, 1.165) is 5.56 Å². The van der Waals surface area contributed by atoms with Gasteiger partial charge in [0.05, 0.1) is 24.6 Å². The number of aromatic amines is 1. The molecule has 0 unspecified atom stereocenters. The third-order valence-corrected chi connectivity index (χ3v) is 4.37. The highest BCUT2D eigenvalue weighted by Crippen LogP contribution is 2.23. The van der Waals surface area contributed by atoms with Gasteiger partial charge in [0.15, 0.2) is 17.3 Å². The van der Waals surface area contributed by atoms with Gasteiger partial charge in [-0.15, -0.1) is 0 Å². The number of hydrogen-bond acceptors (Lipinski definition) is 5. The maximum absolute atomic E-state index is 5.97. The maximum atomic E-state index is 5.97. The number of nitrogens with two attached hydrogens (primary N) is 1. The van der Waals surface area contributed by atoms with Crippen LogP contribution in [0.3, 0.4) is 0 Å². The van der Waals surface area contributed by atoms with Crippen LogP contribution in [-0.2, 0) is 12.0 Å². The molecule has 3 heterocycles. The Hall–Kier alpha value is -3.22.